The van der Waals surface area contributed by atoms with Crippen LogP contribution in [0.3, 0.4) is 0 Å². The van der Waals surface area contributed by atoms with E-state index in [0.717, 1.165) is 5.56 Å². The summed E-state index contributed by atoms with van der Waals surface area (Å²) in [4.78, 5) is 2.04. The Balaban J connectivity index is 2.68. The Hall–Kier alpha value is -1.50. The van der Waals surface area contributed by atoms with Crippen molar-refractivity contribution in [3.05, 3.63) is 61.2 Å². The molecule has 0 aliphatic heterocycles. The van der Waals surface area contributed by atoms with Crippen molar-refractivity contribution < 1.29 is 19.7 Å². The third-order valence-electron chi connectivity index (χ3n) is 3.81. The van der Waals surface area contributed by atoms with E-state index < -0.39 is 12.2 Å². The fraction of sp³-hybridized carbons (Fsp3) is 0.500. The van der Waals surface area contributed by atoms with Gasteiger partial charge in [0.05, 0.1) is 38.6 Å². The van der Waals surface area contributed by atoms with Gasteiger partial charge >= 0.3 is 0 Å². The van der Waals surface area contributed by atoms with Crippen LogP contribution in [0, 0.1) is 0 Å². The number of aliphatic hydroxyl groups is 2. The van der Waals surface area contributed by atoms with Crippen LogP contribution >= 0.6 is 0 Å². The molecule has 0 saturated carbocycles. The van der Waals surface area contributed by atoms with E-state index in [9.17, 15) is 10.2 Å². The average Bonchev–Trinajstić information content (AvgIpc) is 2.61. The monoisotopic (exact) mass is 349 g/mol. The van der Waals surface area contributed by atoms with Crippen molar-refractivity contribution in [2.45, 2.75) is 25.2 Å². The quantitative estimate of drug-likeness (QED) is 0.398. The fourth-order valence-electron chi connectivity index (χ4n) is 2.55. The minimum absolute atomic E-state index is 0.0457. The Labute approximate surface area is 151 Å². The summed E-state index contributed by atoms with van der Waals surface area (Å²) in [7, 11) is 0. The molecule has 3 unspecified atom stereocenters. The topological polar surface area (TPSA) is 62.2 Å². The molecule has 1 rings (SSSR count). The summed E-state index contributed by atoms with van der Waals surface area (Å²) in [6.45, 7) is 11.3. The van der Waals surface area contributed by atoms with Gasteiger partial charge in [-0.05, 0) is 12.5 Å². The zero-order valence-corrected chi connectivity index (χ0v) is 15.1. The molecular formula is C20H31NO4. The van der Waals surface area contributed by atoms with E-state index in [0.29, 0.717) is 26.3 Å². The molecule has 0 heterocycles. The lowest BCUT2D eigenvalue weighted by Gasteiger charge is -2.32. The van der Waals surface area contributed by atoms with E-state index in [1.54, 1.807) is 12.2 Å². The van der Waals surface area contributed by atoms with Crippen molar-refractivity contribution in [1.82, 2.24) is 4.90 Å². The standard InChI is InChI=1S/C20H31NO4/c1-4-11-24-15-19(22)13-21(14-20(23)16-25-12-5-2)17(3)18-9-7-6-8-10-18/h4-10,17,19-20,22-23H,1-2,11-16H2,3H3. The molecule has 2 N–H and O–H groups in total. The van der Waals surface area contributed by atoms with Gasteiger partial charge < -0.3 is 19.7 Å². The molecule has 0 radical (unpaired) electrons. The number of ether oxygens (including phenoxy) is 2. The minimum Gasteiger partial charge on any atom is -0.389 e. The molecule has 5 heteroatoms. The lowest BCUT2D eigenvalue weighted by atomic mass is 10.1. The van der Waals surface area contributed by atoms with Crippen LogP contribution in [0.5, 0.6) is 0 Å². The van der Waals surface area contributed by atoms with Gasteiger partial charge in [-0.15, -0.1) is 13.2 Å². The molecule has 25 heavy (non-hydrogen) atoms. The molecule has 140 valence electrons. The van der Waals surface area contributed by atoms with Crippen LogP contribution in [0.4, 0.5) is 0 Å². The Morgan fingerprint density at radius 3 is 1.88 bits per heavy atom. The van der Waals surface area contributed by atoms with Gasteiger partial charge in [-0.1, -0.05) is 42.5 Å². The van der Waals surface area contributed by atoms with Crippen LogP contribution in [0.25, 0.3) is 0 Å². The molecule has 5 nitrogen and oxygen atoms in total. The third-order valence-corrected chi connectivity index (χ3v) is 3.81. The molecule has 0 aromatic heterocycles. The zero-order chi connectivity index (χ0) is 18.5. The second kappa shape index (κ2) is 12.8. The van der Waals surface area contributed by atoms with Gasteiger partial charge in [0.15, 0.2) is 0 Å². The summed E-state index contributed by atoms with van der Waals surface area (Å²) in [5.74, 6) is 0. The van der Waals surface area contributed by atoms with Crippen molar-refractivity contribution in [2.75, 3.05) is 39.5 Å². The molecule has 0 aliphatic rings. The summed E-state index contributed by atoms with van der Waals surface area (Å²) >= 11 is 0. The molecule has 1 aromatic carbocycles. The van der Waals surface area contributed by atoms with Crippen LogP contribution in [0.2, 0.25) is 0 Å². The molecule has 0 fully saturated rings. The first-order valence-corrected chi connectivity index (χ1v) is 8.60. The van der Waals surface area contributed by atoms with Gasteiger partial charge in [-0.2, -0.15) is 0 Å². The smallest absolute Gasteiger partial charge is 0.0900 e. The average molecular weight is 349 g/mol. The zero-order valence-electron chi connectivity index (χ0n) is 15.1. The molecular weight excluding hydrogens is 318 g/mol. The van der Waals surface area contributed by atoms with Gasteiger partial charge in [-0.3, -0.25) is 4.90 Å². The van der Waals surface area contributed by atoms with Crippen LogP contribution in [-0.4, -0.2) is 66.8 Å². The number of rotatable bonds is 14. The van der Waals surface area contributed by atoms with Crippen LogP contribution in [0.15, 0.2) is 55.6 Å². The molecule has 0 amide bonds. The second-order valence-corrected chi connectivity index (χ2v) is 6.00. The van der Waals surface area contributed by atoms with E-state index in [2.05, 4.69) is 20.1 Å². The first-order valence-electron chi connectivity index (χ1n) is 8.60. The molecule has 0 saturated heterocycles. The van der Waals surface area contributed by atoms with Crippen molar-refractivity contribution in [2.24, 2.45) is 0 Å². The van der Waals surface area contributed by atoms with Gasteiger partial charge in [0.1, 0.15) is 0 Å². The second-order valence-electron chi connectivity index (χ2n) is 6.00. The van der Waals surface area contributed by atoms with E-state index in [1.807, 2.05) is 35.2 Å². The van der Waals surface area contributed by atoms with Crippen molar-refractivity contribution in [1.29, 1.82) is 0 Å². The van der Waals surface area contributed by atoms with Gasteiger partial charge in [0.25, 0.3) is 0 Å². The van der Waals surface area contributed by atoms with Crippen molar-refractivity contribution >= 4 is 0 Å². The first-order chi connectivity index (χ1) is 12.1. The largest absolute Gasteiger partial charge is 0.389 e. The summed E-state index contributed by atoms with van der Waals surface area (Å²) < 4.78 is 10.6. The van der Waals surface area contributed by atoms with E-state index >= 15 is 0 Å². The maximum Gasteiger partial charge on any atom is 0.0900 e. The van der Waals surface area contributed by atoms with Crippen LogP contribution in [0.1, 0.15) is 18.5 Å². The van der Waals surface area contributed by atoms with Gasteiger partial charge in [-0.25, -0.2) is 0 Å². The highest BCUT2D eigenvalue weighted by Gasteiger charge is 2.22. The summed E-state index contributed by atoms with van der Waals surface area (Å²) in [5, 5.41) is 20.5. The lowest BCUT2D eigenvalue weighted by Crippen LogP contribution is -2.42. The number of hydrogen-bond acceptors (Lipinski definition) is 5. The number of hydrogen-bond donors (Lipinski definition) is 2. The number of nitrogens with zero attached hydrogens (tertiary/aromatic N) is 1. The maximum absolute atomic E-state index is 10.2. The Bertz CT molecular complexity index is 458. The normalized spacial score (nSPS) is 14.9. The highest BCUT2D eigenvalue weighted by atomic mass is 16.5. The summed E-state index contributed by atoms with van der Waals surface area (Å²) in [6, 6.07) is 10.1. The fourth-order valence-corrected chi connectivity index (χ4v) is 2.55. The summed E-state index contributed by atoms with van der Waals surface area (Å²) in [6.07, 6.45) is 2.01. The van der Waals surface area contributed by atoms with Crippen molar-refractivity contribution in [3.63, 3.8) is 0 Å². The molecule has 1 aromatic rings. The highest BCUT2D eigenvalue weighted by Crippen LogP contribution is 2.20. The van der Waals surface area contributed by atoms with Crippen molar-refractivity contribution in [3.8, 4) is 0 Å². The molecule has 0 aliphatic carbocycles. The van der Waals surface area contributed by atoms with E-state index in [-0.39, 0.29) is 19.3 Å². The third kappa shape index (κ3) is 8.95. The predicted octanol–water partition coefficient (Wildman–Crippen LogP) is 2.18. The molecule has 3 atom stereocenters. The van der Waals surface area contributed by atoms with Crippen LogP contribution < -0.4 is 0 Å². The van der Waals surface area contributed by atoms with Gasteiger partial charge in [0.2, 0.25) is 0 Å². The maximum atomic E-state index is 10.2. The Kier molecular flexibility index (Phi) is 11.0. The van der Waals surface area contributed by atoms with E-state index in [1.165, 1.54) is 0 Å². The lowest BCUT2D eigenvalue weighted by molar-refractivity contribution is -0.0132. The van der Waals surface area contributed by atoms with Gasteiger partial charge in [0, 0.05) is 19.1 Å². The number of aliphatic hydroxyl groups excluding tert-OH is 2. The molecule has 0 spiro atoms. The first kappa shape index (κ1) is 21.5. The molecule has 0 bridgehead atoms. The Morgan fingerprint density at radius 2 is 1.44 bits per heavy atom. The summed E-state index contributed by atoms with van der Waals surface area (Å²) in [5.41, 5.74) is 1.13. The highest BCUT2D eigenvalue weighted by molar-refractivity contribution is 5.18. The minimum atomic E-state index is -0.646. The SMILES string of the molecule is C=CCOCC(O)CN(CC(O)COCC=C)C(C)c1ccccc1. The van der Waals surface area contributed by atoms with Crippen LogP contribution in [-0.2, 0) is 9.47 Å². The number of benzene rings is 1. The Morgan fingerprint density at radius 1 is 0.960 bits per heavy atom. The van der Waals surface area contributed by atoms with E-state index in [4.69, 9.17) is 9.47 Å². The predicted molar refractivity (Wildman–Crippen MR) is 100 cm³/mol.